The molecule has 0 fully saturated rings. The Bertz CT molecular complexity index is 566. The third-order valence-electron chi connectivity index (χ3n) is 2.56. The molecule has 1 heterocycles. The molecule has 20 heavy (non-hydrogen) atoms. The van der Waals surface area contributed by atoms with Gasteiger partial charge in [0.25, 0.3) is 0 Å². The van der Waals surface area contributed by atoms with E-state index < -0.39 is 0 Å². The highest BCUT2D eigenvalue weighted by Crippen LogP contribution is 2.18. The smallest absolute Gasteiger partial charge is 0.188 e. The number of hydrogen-bond acceptors (Lipinski definition) is 4. The van der Waals surface area contributed by atoms with Crippen LogP contribution in [0.1, 0.15) is 5.82 Å². The van der Waals surface area contributed by atoms with Crippen molar-refractivity contribution in [3.63, 3.8) is 0 Å². The van der Waals surface area contributed by atoms with E-state index in [0.29, 0.717) is 24.2 Å². The van der Waals surface area contributed by atoms with Crippen molar-refractivity contribution >= 4 is 29.9 Å². The van der Waals surface area contributed by atoms with Crippen LogP contribution in [0.4, 0.5) is 0 Å². The van der Waals surface area contributed by atoms with Gasteiger partial charge in [-0.1, -0.05) is 0 Å². The van der Waals surface area contributed by atoms with Crippen LogP contribution >= 0.6 is 24.0 Å². The normalized spacial score (nSPS) is 10.8. The number of nitrogens with zero attached hydrogens (tertiary/aromatic N) is 3. The van der Waals surface area contributed by atoms with E-state index in [-0.39, 0.29) is 24.0 Å². The highest BCUT2D eigenvalue weighted by molar-refractivity contribution is 14.0. The molecule has 0 atom stereocenters. The summed E-state index contributed by atoms with van der Waals surface area (Å²) in [6.07, 6.45) is 0. The van der Waals surface area contributed by atoms with Gasteiger partial charge >= 0.3 is 0 Å². The SMILES string of the molecule is CN=C(N)NCc1nc(-c2ccc(OC)cc2)n[nH]1.I. The molecule has 0 aliphatic carbocycles. The van der Waals surface area contributed by atoms with Crippen LogP contribution < -0.4 is 15.8 Å². The molecule has 8 heteroatoms. The second-order valence-electron chi connectivity index (χ2n) is 3.80. The standard InChI is InChI=1S/C12H16N6O.HI/c1-14-12(13)15-7-10-16-11(18-17-10)8-3-5-9(19-2)6-4-8;/h3-6H,7H2,1-2H3,(H3,13,14,15)(H,16,17,18);1H. The number of methoxy groups -OCH3 is 1. The summed E-state index contributed by atoms with van der Waals surface area (Å²) in [7, 11) is 3.25. The number of aliphatic imine (C=N–C) groups is 1. The predicted octanol–water partition coefficient (Wildman–Crippen LogP) is 1.13. The van der Waals surface area contributed by atoms with Crippen molar-refractivity contribution in [1.82, 2.24) is 20.5 Å². The van der Waals surface area contributed by atoms with Crippen LogP contribution in [0.5, 0.6) is 5.75 Å². The first-order valence-corrected chi connectivity index (χ1v) is 5.74. The molecule has 1 aromatic carbocycles. The lowest BCUT2D eigenvalue weighted by atomic mass is 10.2. The molecule has 0 aliphatic heterocycles. The number of nitrogens with one attached hydrogen (secondary N) is 2. The second kappa shape index (κ2) is 7.68. The summed E-state index contributed by atoms with van der Waals surface area (Å²) in [6, 6.07) is 7.54. The van der Waals surface area contributed by atoms with Crippen molar-refractivity contribution in [2.45, 2.75) is 6.54 Å². The molecule has 7 nitrogen and oxygen atoms in total. The lowest BCUT2D eigenvalue weighted by molar-refractivity contribution is 0.415. The molecule has 0 amide bonds. The fraction of sp³-hybridized carbons (Fsp3) is 0.250. The third-order valence-corrected chi connectivity index (χ3v) is 2.56. The van der Waals surface area contributed by atoms with Gasteiger partial charge in [0.05, 0.1) is 13.7 Å². The average molecular weight is 388 g/mol. The summed E-state index contributed by atoms with van der Waals surface area (Å²) in [5.74, 6) is 2.49. The van der Waals surface area contributed by atoms with Gasteiger partial charge in [0.15, 0.2) is 11.8 Å². The van der Waals surface area contributed by atoms with Crippen molar-refractivity contribution in [2.75, 3.05) is 14.2 Å². The number of hydrogen-bond donors (Lipinski definition) is 3. The van der Waals surface area contributed by atoms with Gasteiger partial charge in [0.2, 0.25) is 0 Å². The topological polar surface area (TPSA) is 101 Å². The maximum atomic E-state index is 5.53. The van der Waals surface area contributed by atoms with Crippen molar-refractivity contribution in [3.8, 4) is 17.1 Å². The van der Waals surface area contributed by atoms with Gasteiger partial charge in [-0.2, -0.15) is 5.10 Å². The van der Waals surface area contributed by atoms with Gasteiger partial charge in [-0.25, -0.2) is 4.98 Å². The minimum atomic E-state index is 0. The molecule has 2 aromatic rings. The van der Waals surface area contributed by atoms with Gasteiger partial charge in [0.1, 0.15) is 11.6 Å². The van der Waals surface area contributed by atoms with E-state index in [1.54, 1.807) is 14.2 Å². The maximum absolute atomic E-state index is 5.53. The first-order valence-electron chi connectivity index (χ1n) is 5.74. The number of guanidine groups is 1. The van der Waals surface area contributed by atoms with Crippen LogP contribution in [0, 0.1) is 0 Å². The van der Waals surface area contributed by atoms with E-state index in [4.69, 9.17) is 10.5 Å². The summed E-state index contributed by atoms with van der Waals surface area (Å²) in [5, 5.41) is 9.90. The van der Waals surface area contributed by atoms with E-state index in [1.165, 1.54) is 0 Å². The predicted molar refractivity (Wildman–Crippen MR) is 88.2 cm³/mol. The number of rotatable bonds is 4. The Kier molecular flexibility index (Phi) is 6.22. The molecule has 0 saturated heterocycles. The lowest BCUT2D eigenvalue weighted by Crippen LogP contribution is -2.31. The number of nitrogens with two attached hydrogens (primary N) is 1. The molecule has 0 radical (unpaired) electrons. The molecule has 0 unspecified atom stereocenters. The molecule has 0 saturated carbocycles. The lowest BCUT2D eigenvalue weighted by Gasteiger charge is -2.00. The molecular weight excluding hydrogens is 371 g/mol. The summed E-state index contributed by atoms with van der Waals surface area (Å²) in [4.78, 5) is 8.16. The number of halogens is 1. The first-order chi connectivity index (χ1) is 9.22. The van der Waals surface area contributed by atoms with Crippen LogP contribution in [0.15, 0.2) is 29.3 Å². The van der Waals surface area contributed by atoms with Gasteiger partial charge in [-0.05, 0) is 24.3 Å². The largest absolute Gasteiger partial charge is 0.497 e. The van der Waals surface area contributed by atoms with Gasteiger partial charge in [-0.15, -0.1) is 24.0 Å². The molecule has 0 bridgehead atoms. The Morgan fingerprint density at radius 1 is 1.40 bits per heavy atom. The van der Waals surface area contributed by atoms with Crippen molar-refractivity contribution in [3.05, 3.63) is 30.1 Å². The quantitative estimate of drug-likeness (QED) is 0.414. The fourth-order valence-electron chi connectivity index (χ4n) is 1.50. The van der Waals surface area contributed by atoms with Crippen LogP contribution in [0.3, 0.4) is 0 Å². The Morgan fingerprint density at radius 3 is 2.70 bits per heavy atom. The summed E-state index contributed by atoms with van der Waals surface area (Å²) in [5.41, 5.74) is 6.45. The van der Waals surface area contributed by atoms with Crippen molar-refractivity contribution in [2.24, 2.45) is 10.7 Å². The van der Waals surface area contributed by atoms with Gasteiger partial charge in [0, 0.05) is 12.6 Å². The highest BCUT2D eigenvalue weighted by Gasteiger charge is 2.06. The Balaban J connectivity index is 0.00000200. The molecule has 0 aliphatic rings. The number of benzene rings is 1. The average Bonchev–Trinajstić information content (AvgIpc) is 2.93. The molecule has 0 spiro atoms. The summed E-state index contributed by atoms with van der Waals surface area (Å²) < 4.78 is 5.10. The zero-order valence-electron chi connectivity index (χ0n) is 11.3. The van der Waals surface area contributed by atoms with E-state index in [9.17, 15) is 0 Å². The number of ether oxygens (including phenoxy) is 1. The molecular formula is C12H17IN6O. The third kappa shape index (κ3) is 4.08. The number of H-pyrrole nitrogens is 1. The monoisotopic (exact) mass is 388 g/mol. The van der Waals surface area contributed by atoms with Crippen LogP contribution in [0.25, 0.3) is 11.4 Å². The Morgan fingerprint density at radius 2 is 2.10 bits per heavy atom. The van der Waals surface area contributed by atoms with E-state index in [2.05, 4.69) is 25.5 Å². The molecule has 4 N–H and O–H groups in total. The highest BCUT2D eigenvalue weighted by atomic mass is 127. The van der Waals surface area contributed by atoms with Crippen molar-refractivity contribution in [1.29, 1.82) is 0 Å². The van der Waals surface area contributed by atoms with Gasteiger partial charge in [-0.3, -0.25) is 10.1 Å². The minimum absolute atomic E-state index is 0. The van der Waals surface area contributed by atoms with E-state index in [0.717, 1.165) is 11.3 Å². The van der Waals surface area contributed by atoms with Crippen LogP contribution in [-0.2, 0) is 6.54 Å². The maximum Gasteiger partial charge on any atom is 0.188 e. The Hall–Kier alpha value is -1.84. The zero-order chi connectivity index (χ0) is 13.7. The van der Waals surface area contributed by atoms with Crippen LogP contribution in [-0.4, -0.2) is 35.3 Å². The van der Waals surface area contributed by atoms with Crippen molar-refractivity contribution < 1.29 is 4.74 Å². The Labute approximate surface area is 134 Å². The molecule has 1 aromatic heterocycles. The molecule has 108 valence electrons. The number of aromatic amines is 1. The second-order valence-corrected chi connectivity index (χ2v) is 3.80. The number of aromatic nitrogens is 3. The fourth-order valence-corrected chi connectivity index (χ4v) is 1.50. The van der Waals surface area contributed by atoms with E-state index in [1.807, 2.05) is 24.3 Å². The first kappa shape index (κ1) is 16.2. The minimum Gasteiger partial charge on any atom is -0.497 e. The zero-order valence-corrected chi connectivity index (χ0v) is 13.6. The molecule has 2 rings (SSSR count). The summed E-state index contributed by atoms with van der Waals surface area (Å²) in [6.45, 7) is 0.451. The van der Waals surface area contributed by atoms with E-state index >= 15 is 0 Å². The van der Waals surface area contributed by atoms with Gasteiger partial charge < -0.3 is 15.8 Å². The van der Waals surface area contributed by atoms with Crippen LogP contribution in [0.2, 0.25) is 0 Å². The summed E-state index contributed by atoms with van der Waals surface area (Å²) >= 11 is 0.